The summed E-state index contributed by atoms with van der Waals surface area (Å²) in [7, 11) is 0. The average Bonchev–Trinajstić information content (AvgIpc) is 3.03. The van der Waals surface area contributed by atoms with Gasteiger partial charge in [0.1, 0.15) is 11.7 Å². The van der Waals surface area contributed by atoms with Crippen LogP contribution in [0.25, 0.3) is 17.2 Å². The number of alkyl halides is 3. The molecule has 4 aromatic rings. The quantitative estimate of drug-likeness (QED) is 0.117. The lowest BCUT2D eigenvalue weighted by molar-refractivity contribution is -0.141. The number of halogens is 3. The lowest BCUT2D eigenvalue weighted by Gasteiger charge is -2.17. The van der Waals surface area contributed by atoms with Gasteiger partial charge in [-0.25, -0.2) is 4.79 Å². The molecule has 0 fully saturated rings. The summed E-state index contributed by atoms with van der Waals surface area (Å²) in [5.74, 6) is -1.79. The maximum atomic E-state index is 13.3. The zero-order valence-corrected chi connectivity index (χ0v) is 24.2. The summed E-state index contributed by atoms with van der Waals surface area (Å²) in [6, 6.07) is 28.7. The van der Waals surface area contributed by atoms with Gasteiger partial charge in [0.15, 0.2) is 0 Å². The van der Waals surface area contributed by atoms with Crippen molar-refractivity contribution in [3.63, 3.8) is 0 Å². The number of carbonyl (C=O) groups excluding carboxylic acids is 2. The van der Waals surface area contributed by atoms with Crippen LogP contribution in [-0.2, 0) is 21.5 Å². The van der Waals surface area contributed by atoms with Crippen LogP contribution in [-0.4, -0.2) is 34.7 Å². The lowest BCUT2D eigenvalue weighted by Crippen LogP contribution is -2.44. The third-order valence-corrected chi connectivity index (χ3v) is 7.62. The summed E-state index contributed by atoms with van der Waals surface area (Å²) in [5.41, 5.74) is 2.23. The number of thioether (sulfide) groups is 1. The molecule has 0 heterocycles. The summed E-state index contributed by atoms with van der Waals surface area (Å²) in [6.07, 6.45) is -3.06. The van der Waals surface area contributed by atoms with E-state index in [9.17, 15) is 32.7 Å². The number of aliphatic carboxylic acids is 1. The van der Waals surface area contributed by atoms with E-state index in [1.165, 1.54) is 17.8 Å². The number of rotatable bonds is 12. The normalized spacial score (nSPS) is 12.3. The van der Waals surface area contributed by atoms with Gasteiger partial charge in [-0.15, -0.1) is 0 Å². The molecular formula is C34H29F3N2O4S. The molecular weight excluding hydrogens is 589 g/mol. The second-order valence-corrected chi connectivity index (χ2v) is 10.9. The molecule has 4 rings (SSSR count). The molecule has 0 radical (unpaired) electrons. The Kier molecular flexibility index (Phi) is 11.0. The fraction of sp³-hybridized carbons (Fsp3) is 0.147. The molecule has 0 bridgehead atoms. The van der Waals surface area contributed by atoms with Gasteiger partial charge in [0, 0.05) is 11.3 Å². The Morgan fingerprint density at radius 3 is 1.98 bits per heavy atom. The predicted molar refractivity (Wildman–Crippen MR) is 166 cm³/mol. The van der Waals surface area contributed by atoms with E-state index in [4.69, 9.17) is 0 Å². The minimum atomic E-state index is -4.57. The molecule has 0 saturated carbocycles. The monoisotopic (exact) mass is 618 g/mol. The largest absolute Gasteiger partial charge is 0.480 e. The molecule has 0 spiro atoms. The van der Waals surface area contributed by atoms with Crippen molar-refractivity contribution < 1.29 is 32.7 Å². The summed E-state index contributed by atoms with van der Waals surface area (Å²) >= 11 is 1.52. The first-order valence-corrected chi connectivity index (χ1v) is 14.8. The number of carboxylic acid groups (broad SMARTS) is 1. The fourth-order valence-electron chi connectivity index (χ4n) is 4.19. The second-order valence-electron chi connectivity index (χ2n) is 9.77. The van der Waals surface area contributed by atoms with Gasteiger partial charge >= 0.3 is 12.1 Å². The highest BCUT2D eigenvalue weighted by Crippen LogP contribution is 2.29. The van der Waals surface area contributed by atoms with Crippen molar-refractivity contribution in [3.8, 4) is 11.1 Å². The van der Waals surface area contributed by atoms with E-state index in [2.05, 4.69) is 10.6 Å². The average molecular weight is 619 g/mol. The van der Waals surface area contributed by atoms with Crippen LogP contribution in [0.1, 0.15) is 33.5 Å². The van der Waals surface area contributed by atoms with Crippen molar-refractivity contribution in [3.05, 3.63) is 137 Å². The minimum absolute atomic E-state index is 0.108. The molecule has 226 valence electrons. The highest BCUT2D eigenvalue weighted by atomic mass is 32.2. The number of carbonyl (C=O) groups is 3. The first-order valence-electron chi connectivity index (χ1n) is 13.6. The number of carboxylic acids is 1. The van der Waals surface area contributed by atoms with Gasteiger partial charge in [0.05, 0.1) is 5.56 Å². The highest BCUT2D eigenvalue weighted by Gasteiger charge is 2.30. The van der Waals surface area contributed by atoms with Crippen molar-refractivity contribution >= 4 is 35.6 Å². The van der Waals surface area contributed by atoms with E-state index < -0.39 is 35.6 Å². The Bertz CT molecular complexity index is 1590. The SMILES string of the molecule is O=C(N[C@@H](CCSCc1ccccc1)C(=O)O)C(=Cc1ccc(-c2ccccc2)cc1)NC(=O)c1ccc(C(F)(F)F)cc1. The van der Waals surface area contributed by atoms with Crippen molar-refractivity contribution in [1.82, 2.24) is 10.6 Å². The number of nitrogens with one attached hydrogen (secondary N) is 2. The predicted octanol–water partition coefficient (Wildman–Crippen LogP) is 7.04. The smallest absolute Gasteiger partial charge is 0.416 e. The second kappa shape index (κ2) is 15.1. The zero-order valence-electron chi connectivity index (χ0n) is 23.4. The van der Waals surface area contributed by atoms with Crippen LogP contribution in [0.5, 0.6) is 0 Å². The van der Waals surface area contributed by atoms with E-state index in [1.54, 1.807) is 12.1 Å². The van der Waals surface area contributed by atoms with Crippen molar-refractivity contribution in [2.75, 3.05) is 5.75 Å². The van der Waals surface area contributed by atoms with Gasteiger partial charge in [-0.3, -0.25) is 9.59 Å². The Balaban J connectivity index is 1.52. The van der Waals surface area contributed by atoms with Crippen LogP contribution in [0.15, 0.2) is 115 Å². The van der Waals surface area contributed by atoms with Crippen molar-refractivity contribution in [1.29, 1.82) is 0 Å². The first kappa shape index (κ1) is 32.1. The molecule has 4 aromatic carbocycles. The van der Waals surface area contributed by atoms with Crippen LogP contribution in [0.3, 0.4) is 0 Å². The zero-order chi connectivity index (χ0) is 31.5. The van der Waals surface area contributed by atoms with Crippen molar-refractivity contribution in [2.45, 2.75) is 24.4 Å². The maximum Gasteiger partial charge on any atom is 0.416 e. The lowest BCUT2D eigenvalue weighted by atomic mass is 10.0. The van der Waals surface area contributed by atoms with Crippen molar-refractivity contribution in [2.24, 2.45) is 0 Å². The van der Waals surface area contributed by atoms with Gasteiger partial charge in [0.2, 0.25) is 0 Å². The number of amides is 2. The molecule has 2 amide bonds. The maximum absolute atomic E-state index is 13.3. The molecule has 0 aliphatic carbocycles. The van der Waals surface area contributed by atoms with E-state index in [0.29, 0.717) is 17.1 Å². The van der Waals surface area contributed by atoms with Crippen LogP contribution in [0.2, 0.25) is 0 Å². The molecule has 0 unspecified atom stereocenters. The summed E-state index contributed by atoms with van der Waals surface area (Å²) in [5, 5.41) is 14.7. The highest BCUT2D eigenvalue weighted by molar-refractivity contribution is 7.98. The number of benzene rings is 4. The molecule has 44 heavy (non-hydrogen) atoms. The third-order valence-electron chi connectivity index (χ3n) is 6.56. The Labute approximate surface area is 257 Å². The molecule has 0 aromatic heterocycles. The standard InChI is InChI=1S/C34H29F3N2O4S/c35-34(36,37)28-17-15-27(16-18-28)31(40)39-30(21-23-11-13-26(14-12-23)25-9-5-2-6-10-25)32(41)38-29(33(42)43)19-20-44-22-24-7-3-1-4-8-24/h1-18,21,29H,19-20,22H2,(H,38,41)(H,39,40)(H,42,43)/t29-/m0/s1. The number of hydrogen-bond acceptors (Lipinski definition) is 4. The summed E-state index contributed by atoms with van der Waals surface area (Å²) < 4.78 is 39.0. The van der Waals surface area contributed by atoms with Crippen LogP contribution in [0, 0.1) is 0 Å². The molecule has 0 saturated heterocycles. The molecule has 1 atom stereocenters. The fourth-order valence-corrected chi connectivity index (χ4v) is 5.17. The molecule has 10 heteroatoms. The van der Waals surface area contributed by atoms with E-state index in [1.807, 2.05) is 72.8 Å². The van der Waals surface area contributed by atoms with E-state index >= 15 is 0 Å². The van der Waals surface area contributed by atoms with Crippen LogP contribution in [0.4, 0.5) is 13.2 Å². The van der Waals surface area contributed by atoms with Gasteiger partial charge in [-0.1, -0.05) is 84.9 Å². The van der Waals surface area contributed by atoms with Crippen LogP contribution >= 0.6 is 11.8 Å². The Hall–Kier alpha value is -4.83. The summed E-state index contributed by atoms with van der Waals surface area (Å²) in [4.78, 5) is 38.3. The Morgan fingerprint density at radius 2 is 1.39 bits per heavy atom. The third kappa shape index (κ3) is 9.34. The van der Waals surface area contributed by atoms with E-state index in [0.717, 1.165) is 41.0 Å². The molecule has 0 aliphatic rings. The van der Waals surface area contributed by atoms with Gasteiger partial charge in [-0.2, -0.15) is 24.9 Å². The first-order chi connectivity index (χ1) is 21.1. The summed E-state index contributed by atoms with van der Waals surface area (Å²) in [6.45, 7) is 0. The molecule has 0 aliphatic heterocycles. The molecule has 6 nitrogen and oxygen atoms in total. The topological polar surface area (TPSA) is 95.5 Å². The van der Waals surface area contributed by atoms with Crippen LogP contribution < -0.4 is 10.6 Å². The molecule has 3 N–H and O–H groups in total. The van der Waals surface area contributed by atoms with Gasteiger partial charge < -0.3 is 15.7 Å². The minimum Gasteiger partial charge on any atom is -0.480 e. The Morgan fingerprint density at radius 1 is 0.795 bits per heavy atom. The number of hydrogen-bond donors (Lipinski definition) is 3. The van der Waals surface area contributed by atoms with E-state index in [-0.39, 0.29) is 17.7 Å². The van der Waals surface area contributed by atoms with Gasteiger partial charge in [0.25, 0.3) is 11.8 Å². The van der Waals surface area contributed by atoms with Gasteiger partial charge in [-0.05, 0) is 64.8 Å².